The van der Waals surface area contributed by atoms with Gasteiger partial charge in [0, 0.05) is 6.92 Å². The quantitative estimate of drug-likeness (QED) is 0.557. The lowest BCUT2D eigenvalue weighted by molar-refractivity contribution is -0.140. The standard InChI is InChI=1S/C13H16O2/c1-3-12(10-15-11(2)14)9-13-7-5-4-6-8-13/h3-8H,9-10H2,1-2H3. The largest absolute Gasteiger partial charge is 0.461 e. The monoisotopic (exact) mass is 204 g/mol. The predicted octanol–water partition coefficient (Wildman–Crippen LogP) is 2.74. The summed E-state index contributed by atoms with van der Waals surface area (Å²) in [4.78, 5) is 10.7. The minimum absolute atomic E-state index is 0.234. The van der Waals surface area contributed by atoms with Crippen molar-refractivity contribution < 1.29 is 9.53 Å². The van der Waals surface area contributed by atoms with Gasteiger partial charge in [-0.05, 0) is 24.5 Å². The minimum Gasteiger partial charge on any atom is -0.461 e. The lowest BCUT2D eigenvalue weighted by Gasteiger charge is -2.07. The number of hydrogen-bond donors (Lipinski definition) is 0. The summed E-state index contributed by atoms with van der Waals surface area (Å²) in [5, 5.41) is 0. The molecule has 0 aliphatic heterocycles. The first-order valence-corrected chi connectivity index (χ1v) is 5.03. The molecule has 2 heteroatoms. The molecule has 0 unspecified atom stereocenters. The maximum absolute atomic E-state index is 10.7. The first-order chi connectivity index (χ1) is 7.22. The first-order valence-electron chi connectivity index (χ1n) is 5.03. The number of carbonyl (C=O) groups excluding carboxylic acids is 1. The van der Waals surface area contributed by atoms with E-state index in [-0.39, 0.29) is 5.97 Å². The normalized spacial score (nSPS) is 11.2. The van der Waals surface area contributed by atoms with E-state index < -0.39 is 0 Å². The van der Waals surface area contributed by atoms with Crippen molar-refractivity contribution in [1.82, 2.24) is 0 Å². The van der Waals surface area contributed by atoms with Gasteiger partial charge in [0.2, 0.25) is 0 Å². The molecular weight excluding hydrogens is 188 g/mol. The lowest BCUT2D eigenvalue weighted by Crippen LogP contribution is -2.05. The van der Waals surface area contributed by atoms with E-state index >= 15 is 0 Å². The molecule has 0 amide bonds. The van der Waals surface area contributed by atoms with E-state index in [1.54, 1.807) is 0 Å². The molecule has 0 atom stereocenters. The van der Waals surface area contributed by atoms with Crippen LogP contribution in [-0.2, 0) is 16.0 Å². The molecule has 0 spiro atoms. The Morgan fingerprint density at radius 3 is 2.53 bits per heavy atom. The summed E-state index contributed by atoms with van der Waals surface area (Å²) in [6.45, 7) is 3.78. The highest BCUT2D eigenvalue weighted by Gasteiger charge is 2.00. The molecule has 0 bridgehead atoms. The van der Waals surface area contributed by atoms with Crippen LogP contribution < -0.4 is 0 Å². The summed E-state index contributed by atoms with van der Waals surface area (Å²) >= 11 is 0. The topological polar surface area (TPSA) is 26.3 Å². The van der Waals surface area contributed by atoms with Gasteiger partial charge in [0.05, 0.1) is 0 Å². The molecule has 0 heterocycles. The second kappa shape index (κ2) is 6.02. The average Bonchev–Trinajstić information content (AvgIpc) is 2.25. The van der Waals surface area contributed by atoms with E-state index in [0.29, 0.717) is 6.61 Å². The van der Waals surface area contributed by atoms with Crippen LogP contribution in [0, 0.1) is 0 Å². The first kappa shape index (κ1) is 11.5. The van der Waals surface area contributed by atoms with Crippen LogP contribution >= 0.6 is 0 Å². The summed E-state index contributed by atoms with van der Waals surface area (Å²) in [5.74, 6) is -0.234. The maximum Gasteiger partial charge on any atom is 0.302 e. The van der Waals surface area contributed by atoms with Gasteiger partial charge in [-0.25, -0.2) is 0 Å². The van der Waals surface area contributed by atoms with Gasteiger partial charge < -0.3 is 4.74 Å². The SMILES string of the molecule is CC=C(COC(C)=O)Cc1ccccc1. The molecule has 1 rings (SSSR count). The number of benzene rings is 1. The van der Waals surface area contributed by atoms with Gasteiger partial charge in [-0.15, -0.1) is 0 Å². The smallest absolute Gasteiger partial charge is 0.302 e. The van der Waals surface area contributed by atoms with Crippen LogP contribution in [0.3, 0.4) is 0 Å². The number of carbonyl (C=O) groups is 1. The Labute approximate surface area is 90.6 Å². The molecule has 0 N–H and O–H groups in total. The maximum atomic E-state index is 10.7. The minimum atomic E-state index is -0.234. The van der Waals surface area contributed by atoms with Crippen molar-refractivity contribution in [3.8, 4) is 0 Å². The van der Waals surface area contributed by atoms with Crippen molar-refractivity contribution >= 4 is 5.97 Å². The summed E-state index contributed by atoms with van der Waals surface area (Å²) in [6, 6.07) is 10.1. The number of hydrogen-bond acceptors (Lipinski definition) is 2. The summed E-state index contributed by atoms with van der Waals surface area (Å²) < 4.78 is 4.96. The average molecular weight is 204 g/mol. The van der Waals surface area contributed by atoms with Crippen LogP contribution in [0.15, 0.2) is 42.0 Å². The highest BCUT2D eigenvalue weighted by molar-refractivity contribution is 5.66. The second-order valence-corrected chi connectivity index (χ2v) is 3.39. The van der Waals surface area contributed by atoms with Crippen molar-refractivity contribution in [3.05, 3.63) is 47.5 Å². The third-order valence-corrected chi connectivity index (χ3v) is 2.14. The third-order valence-electron chi connectivity index (χ3n) is 2.14. The summed E-state index contributed by atoms with van der Waals surface area (Å²) in [7, 11) is 0. The molecule has 80 valence electrons. The van der Waals surface area contributed by atoms with Crippen molar-refractivity contribution in [2.24, 2.45) is 0 Å². The van der Waals surface area contributed by atoms with Gasteiger partial charge in [0.25, 0.3) is 0 Å². The number of rotatable bonds is 4. The number of allylic oxidation sites excluding steroid dienone is 1. The Morgan fingerprint density at radius 2 is 2.00 bits per heavy atom. The Hall–Kier alpha value is -1.57. The van der Waals surface area contributed by atoms with Crippen LogP contribution in [0.4, 0.5) is 0 Å². The Bertz CT molecular complexity index is 339. The summed E-state index contributed by atoms with van der Waals surface area (Å²) in [6.07, 6.45) is 2.83. The molecule has 1 aromatic carbocycles. The number of esters is 1. The van der Waals surface area contributed by atoms with Gasteiger partial charge in [0.15, 0.2) is 0 Å². The molecule has 0 aliphatic rings. The third kappa shape index (κ3) is 4.45. The predicted molar refractivity (Wildman–Crippen MR) is 60.5 cm³/mol. The van der Waals surface area contributed by atoms with Crippen molar-refractivity contribution in [2.45, 2.75) is 20.3 Å². The van der Waals surface area contributed by atoms with Gasteiger partial charge in [-0.2, -0.15) is 0 Å². The summed E-state index contributed by atoms with van der Waals surface area (Å²) in [5.41, 5.74) is 2.36. The van der Waals surface area contributed by atoms with E-state index in [2.05, 4.69) is 12.1 Å². The zero-order chi connectivity index (χ0) is 11.1. The van der Waals surface area contributed by atoms with Crippen molar-refractivity contribution in [1.29, 1.82) is 0 Å². The van der Waals surface area contributed by atoms with Crippen molar-refractivity contribution in [2.75, 3.05) is 6.61 Å². The van der Waals surface area contributed by atoms with Crippen LogP contribution in [0.2, 0.25) is 0 Å². The Morgan fingerprint density at radius 1 is 1.33 bits per heavy atom. The molecule has 0 fully saturated rings. The van der Waals surface area contributed by atoms with Gasteiger partial charge in [-0.3, -0.25) is 4.79 Å². The van der Waals surface area contributed by atoms with Gasteiger partial charge in [-0.1, -0.05) is 36.4 Å². The Balaban J connectivity index is 2.52. The fraction of sp³-hybridized carbons (Fsp3) is 0.308. The van der Waals surface area contributed by atoms with E-state index in [4.69, 9.17) is 4.74 Å². The zero-order valence-electron chi connectivity index (χ0n) is 9.19. The fourth-order valence-corrected chi connectivity index (χ4v) is 1.29. The van der Waals surface area contributed by atoms with Crippen LogP contribution in [0.25, 0.3) is 0 Å². The van der Waals surface area contributed by atoms with Crippen LogP contribution in [0.1, 0.15) is 19.4 Å². The molecule has 0 saturated heterocycles. The zero-order valence-corrected chi connectivity index (χ0v) is 9.19. The van der Waals surface area contributed by atoms with E-state index in [1.807, 2.05) is 31.2 Å². The fourth-order valence-electron chi connectivity index (χ4n) is 1.29. The second-order valence-electron chi connectivity index (χ2n) is 3.39. The van der Waals surface area contributed by atoms with E-state index in [9.17, 15) is 4.79 Å². The molecule has 15 heavy (non-hydrogen) atoms. The lowest BCUT2D eigenvalue weighted by atomic mass is 10.1. The van der Waals surface area contributed by atoms with Gasteiger partial charge in [0.1, 0.15) is 6.61 Å². The van der Waals surface area contributed by atoms with Crippen LogP contribution in [0.5, 0.6) is 0 Å². The Kier molecular flexibility index (Phi) is 4.61. The highest BCUT2D eigenvalue weighted by Crippen LogP contribution is 2.08. The van der Waals surface area contributed by atoms with E-state index in [0.717, 1.165) is 12.0 Å². The molecule has 0 aromatic heterocycles. The van der Waals surface area contributed by atoms with Crippen molar-refractivity contribution in [3.63, 3.8) is 0 Å². The molecule has 0 radical (unpaired) electrons. The molecule has 1 aromatic rings. The molecule has 0 saturated carbocycles. The molecule has 2 nitrogen and oxygen atoms in total. The highest BCUT2D eigenvalue weighted by atomic mass is 16.5. The molecule has 0 aliphatic carbocycles. The van der Waals surface area contributed by atoms with Crippen LogP contribution in [-0.4, -0.2) is 12.6 Å². The van der Waals surface area contributed by atoms with Gasteiger partial charge >= 0.3 is 5.97 Å². The van der Waals surface area contributed by atoms with E-state index in [1.165, 1.54) is 12.5 Å². The molecular formula is C13H16O2. The number of ether oxygens (including phenoxy) is 1.